The zero-order chi connectivity index (χ0) is 22.0. The van der Waals surface area contributed by atoms with Gasteiger partial charge in [0, 0.05) is 14.5 Å². The summed E-state index contributed by atoms with van der Waals surface area (Å²) in [5.41, 5.74) is 0.897. The van der Waals surface area contributed by atoms with Gasteiger partial charge >= 0.3 is 0 Å². The Morgan fingerprint density at radius 1 is 1.00 bits per heavy atom. The highest BCUT2D eigenvalue weighted by molar-refractivity contribution is 9.10. The van der Waals surface area contributed by atoms with E-state index in [9.17, 15) is 14.7 Å². The number of nitrogens with zero attached hydrogens (tertiary/aromatic N) is 1. The third-order valence-electron chi connectivity index (χ3n) is 5.27. The zero-order valence-electron chi connectivity index (χ0n) is 16.5. The number of ketones is 1. The molecule has 4 nitrogen and oxygen atoms in total. The number of hydrogen-bond donors (Lipinski definition) is 1. The minimum atomic E-state index is -1.92. The summed E-state index contributed by atoms with van der Waals surface area (Å²) >= 11 is 6.93. The van der Waals surface area contributed by atoms with Crippen molar-refractivity contribution in [2.24, 2.45) is 0 Å². The molecule has 1 N–H and O–H groups in total. The van der Waals surface area contributed by atoms with E-state index in [-0.39, 0.29) is 18.7 Å². The number of halogens is 2. The lowest BCUT2D eigenvalue weighted by Crippen LogP contribution is -2.41. The fraction of sp³-hybridized carbons (Fsp3) is 0.120. The molecule has 1 aliphatic heterocycles. The zero-order valence-corrected chi connectivity index (χ0v) is 19.6. The van der Waals surface area contributed by atoms with Crippen molar-refractivity contribution >= 4 is 55.3 Å². The Morgan fingerprint density at radius 3 is 2.45 bits per heavy atom. The van der Waals surface area contributed by atoms with Crippen LogP contribution in [-0.2, 0) is 21.7 Å². The summed E-state index contributed by atoms with van der Waals surface area (Å²) in [5, 5.41) is 11.4. The summed E-state index contributed by atoms with van der Waals surface area (Å²) in [7, 11) is 0. The second kappa shape index (κ2) is 8.91. The highest BCUT2D eigenvalue weighted by atomic mass is 79.9. The standard InChI is InChI=1S/C25H19Br2NO3/c26-19-11-13-23-21(14-19)25(31,15-20(29)12-10-17-6-2-1-3-7-17)24(30)28(23)16-18-8-4-5-9-22(18)27/h1-14,31H,15-16H2/b12-10+. The molecule has 1 heterocycles. The van der Waals surface area contributed by atoms with E-state index in [1.807, 2.05) is 60.7 Å². The molecule has 1 aliphatic rings. The first-order valence-corrected chi connectivity index (χ1v) is 11.3. The molecule has 0 saturated heterocycles. The second-order valence-corrected chi connectivity index (χ2v) is 9.16. The molecule has 0 aromatic heterocycles. The van der Waals surface area contributed by atoms with E-state index in [0.29, 0.717) is 11.3 Å². The number of carbonyl (C=O) groups excluding carboxylic acids is 2. The fourth-order valence-electron chi connectivity index (χ4n) is 3.71. The van der Waals surface area contributed by atoms with Gasteiger partial charge < -0.3 is 10.0 Å². The molecule has 1 unspecified atom stereocenters. The maximum absolute atomic E-state index is 13.4. The Morgan fingerprint density at radius 2 is 1.71 bits per heavy atom. The molecule has 0 saturated carbocycles. The van der Waals surface area contributed by atoms with E-state index in [0.717, 1.165) is 20.1 Å². The Bertz CT molecular complexity index is 1180. The number of fused-ring (bicyclic) bond motifs is 1. The Balaban J connectivity index is 1.65. The summed E-state index contributed by atoms with van der Waals surface area (Å²) in [4.78, 5) is 27.6. The van der Waals surface area contributed by atoms with Crippen molar-refractivity contribution in [2.45, 2.75) is 18.6 Å². The molecule has 0 fully saturated rings. The van der Waals surface area contributed by atoms with Crippen molar-refractivity contribution in [3.05, 3.63) is 105 Å². The minimum Gasteiger partial charge on any atom is -0.375 e. The first-order valence-electron chi connectivity index (χ1n) is 9.72. The number of benzene rings is 3. The summed E-state index contributed by atoms with van der Waals surface area (Å²) in [6, 6.07) is 22.4. The average molecular weight is 541 g/mol. The molecule has 6 heteroatoms. The first-order chi connectivity index (χ1) is 14.9. The van der Waals surface area contributed by atoms with Crippen molar-refractivity contribution in [2.75, 3.05) is 4.90 Å². The van der Waals surface area contributed by atoms with Crippen LogP contribution in [0.2, 0.25) is 0 Å². The van der Waals surface area contributed by atoms with Gasteiger partial charge in [-0.2, -0.15) is 0 Å². The third kappa shape index (κ3) is 4.42. The summed E-state index contributed by atoms with van der Waals surface area (Å²) in [5.74, 6) is -0.828. The van der Waals surface area contributed by atoms with Gasteiger partial charge in [-0.3, -0.25) is 9.59 Å². The SMILES string of the molecule is O=C(/C=C/c1ccccc1)CC1(O)C(=O)N(Cc2ccccc2Br)c2ccc(Br)cc21. The summed E-state index contributed by atoms with van der Waals surface area (Å²) in [6.07, 6.45) is 2.77. The molecule has 0 bridgehead atoms. The van der Waals surface area contributed by atoms with Crippen molar-refractivity contribution < 1.29 is 14.7 Å². The van der Waals surface area contributed by atoms with Crippen LogP contribution >= 0.6 is 31.9 Å². The van der Waals surface area contributed by atoms with Crippen LogP contribution in [-0.4, -0.2) is 16.8 Å². The van der Waals surface area contributed by atoms with E-state index in [4.69, 9.17) is 0 Å². The predicted molar refractivity (Wildman–Crippen MR) is 128 cm³/mol. The molecular weight excluding hydrogens is 522 g/mol. The van der Waals surface area contributed by atoms with Crippen LogP contribution in [0.25, 0.3) is 6.08 Å². The van der Waals surface area contributed by atoms with Crippen LogP contribution in [0, 0.1) is 0 Å². The molecule has 0 radical (unpaired) electrons. The van der Waals surface area contributed by atoms with Gasteiger partial charge in [-0.05, 0) is 41.5 Å². The number of hydrogen-bond acceptors (Lipinski definition) is 3. The number of amides is 1. The van der Waals surface area contributed by atoms with Gasteiger partial charge in [-0.15, -0.1) is 0 Å². The lowest BCUT2D eigenvalue weighted by Gasteiger charge is -2.22. The number of carbonyl (C=O) groups is 2. The highest BCUT2D eigenvalue weighted by Crippen LogP contribution is 2.44. The van der Waals surface area contributed by atoms with Crippen molar-refractivity contribution in [1.82, 2.24) is 0 Å². The van der Waals surface area contributed by atoms with Crippen LogP contribution in [0.4, 0.5) is 5.69 Å². The molecule has 1 amide bonds. The van der Waals surface area contributed by atoms with Gasteiger partial charge in [0.25, 0.3) is 5.91 Å². The van der Waals surface area contributed by atoms with E-state index >= 15 is 0 Å². The van der Waals surface area contributed by atoms with Crippen molar-refractivity contribution in [1.29, 1.82) is 0 Å². The molecule has 3 aromatic rings. The molecular formula is C25H19Br2NO3. The van der Waals surface area contributed by atoms with Crippen molar-refractivity contribution in [3.8, 4) is 0 Å². The van der Waals surface area contributed by atoms with Gasteiger partial charge in [0.05, 0.1) is 18.7 Å². The van der Waals surface area contributed by atoms with Crippen LogP contribution in [0.5, 0.6) is 0 Å². The summed E-state index contributed by atoms with van der Waals surface area (Å²) < 4.78 is 1.60. The Labute approximate surface area is 197 Å². The van der Waals surface area contributed by atoms with Crippen molar-refractivity contribution in [3.63, 3.8) is 0 Å². The normalized spacial score (nSPS) is 17.9. The van der Waals surface area contributed by atoms with Crippen LogP contribution < -0.4 is 4.90 Å². The van der Waals surface area contributed by atoms with E-state index in [1.165, 1.54) is 11.0 Å². The van der Waals surface area contributed by atoms with E-state index in [2.05, 4.69) is 31.9 Å². The lowest BCUT2D eigenvalue weighted by atomic mass is 9.89. The maximum Gasteiger partial charge on any atom is 0.264 e. The van der Waals surface area contributed by atoms with Gasteiger partial charge in [0.2, 0.25) is 0 Å². The Kier molecular flexibility index (Phi) is 6.23. The highest BCUT2D eigenvalue weighted by Gasteiger charge is 2.50. The third-order valence-corrected chi connectivity index (χ3v) is 6.54. The molecule has 0 spiro atoms. The smallest absolute Gasteiger partial charge is 0.264 e. The number of rotatable bonds is 6. The van der Waals surface area contributed by atoms with Crippen LogP contribution in [0.1, 0.15) is 23.1 Å². The molecule has 31 heavy (non-hydrogen) atoms. The molecule has 1 atom stereocenters. The number of allylic oxidation sites excluding steroid dienone is 1. The van der Waals surface area contributed by atoms with Gasteiger partial charge in [0.1, 0.15) is 0 Å². The van der Waals surface area contributed by atoms with Gasteiger partial charge in [-0.1, -0.05) is 86.5 Å². The van der Waals surface area contributed by atoms with Crippen LogP contribution in [0.3, 0.4) is 0 Å². The molecule has 156 valence electrons. The van der Waals surface area contributed by atoms with Gasteiger partial charge in [0.15, 0.2) is 11.4 Å². The monoisotopic (exact) mass is 539 g/mol. The molecule has 0 aliphatic carbocycles. The first kappa shape index (κ1) is 21.7. The average Bonchev–Trinajstić information content (AvgIpc) is 2.96. The Hall–Kier alpha value is -2.54. The predicted octanol–water partition coefficient (Wildman–Crippen LogP) is 5.62. The van der Waals surface area contributed by atoms with Gasteiger partial charge in [-0.25, -0.2) is 0 Å². The topological polar surface area (TPSA) is 57.6 Å². The number of anilines is 1. The fourth-order valence-corrected chi connectivity index (χ4v) is 4.48. The van der Waals surface area contributed by atoms with E-state index in [1.54, 1.807) is 18.2 Å². The second-order valence-electron chi connectivity index (χ2n) is 7.39. The lowest BCUT2D eigenvalue weighted by molar-refractivity contribution is -0.140. The quantitative estimate of drug-likeness (QED) is 0.413. The largest absolute Gasteiger partial charge is 0.375 e. The minimum absolute atomic E-state index is 0.283. The van der Waals surface area contributed by atoms with E-state index < -0.39 is 11.5 Å². The maximum atomic E-state index is 13.4. The number of aliphatic hydroxyl groups is 1. The molecule has 4 rings (SSSR count). The molecule has 3 aromatic carbocycles. The van der Waals surface area contributed by atoms with Crippen LogP contribution in [0.15, 0.2) is 87.8 Å². The summed E-state index contributed by atoms with van der Waals surface area (Å²) in [6.45, 7) is 0.283.